The van der Waals surface area contributed by atoms with Crippen LogP contribution in [0.3, 0.4) is 0 Å². The summed E-state index contributed by atoms with van der Waals surface area (Å²) in [5.74, 6) is -1.28. The molecule has 6 heteroatoms. The molecule has 2 aromatic rings. The summed E-state index contributed by atoms with van der Waals surface area (Å²) in [5.41, 5.74) is 2.19. The molecule has 1 aliphatic heterocycles. The van der Waals surface area contributed by atoms with Crippen LogP contribution in [-0.4, -0.2) is 28.0 Å². The predicted molar refractivity (Wildman–Crippen MR) is 104 cm³/mol. The highest BCUT2D eigenvalue weighted by atomic mass is 32.1. The van der Waals surface area contributed by atoms with E-state index in [4.69, 9.17) is 12.2 Å². The van der Waals surface area contributed by atoms with E-state index in [0.29, 0.717) is 16.7 Å². The maximum absolute atomic E-state index is 13.4. The Balaban J connectivity index is 1.75. The molecule has 1 saturated heterocycles. The van der Waals surface area contributed by atoms with Gasteiger partial charge in [-0.25, -0.2) is 8.78 Å². The zero-order valence-electron chi connectivity index (χ0n) is 14.8. The van der Waals surface area contributed by atoms with Gasteiger partial charge in [0.05, 0.1) is 0 Å². The molecule has 2 heterocycles. The lowest BCUT2D eigenvalue weighted by molar-refractivity contribution is 0.253. The van der Waals surface area contributed by atoms with Gasteiger partial charge in [0.2, 0.25) is 0 Å². The van der Waals surface area contributed by atoms with Gasteiger partial charge in [0.25, 0.3) is 0 Å². The van der Waals surface area contributed by atoms with E-state index in [2.05, 4.69) is 22.1 Å². The molecule has 3 nitrogen and oxygen atoms in total. The van der Waals surface area contributed by atoms with E-state index < -0.39 is 11.6 Å². The highest BCUT2D eigenvalue weighted by molar-refractivity contribution is 7.81. The number of thiocarbonyl (C=S) groups is 1. The molecule has 1 aliphatic rings. The Morgan fingerprint density at radius 3 is 2.73 bits per heavy atom. The molecule has 1 aromatic carbocycles. The van der Waals surface area contributed by atoms with E-state index in [1.54, 1.807) is 6.20 Å². The normalized spacial score (nSPS) is 17.4. The minimum Gasteiger partial charge on any atom is -0.346 e. The molecule has 1 unspecified atom stereocenters. The van der Waals surface area contributed by atoms with Crippen molar-refractivity contribution in [1.29, 1.82) is 0 Å². The standard InChI is InChI=1S/C20H23F2N3S/c1-2-3-6-25-7-4-5-19(25)14-8-15(13-23-12-14)20(26)24-18-10-16(21)9-17(22)11-18/h8-13,19H,2-7H2,1H3,(H,24,26). The number of likely N-dealkylation sites (tertiary alicyclic amines) is 1. The summed E-state index contributed by atoms with van der Waals surface area (Å²) in [6.07, 6.45) is 8.24. The molecule has 1 fully saturated rings. The van der Waals surface area contributed by atoms with Gasteiger partial charge in [0.1, 0.15) is 16.6 Å². The summed E-state index contributed by atoms with van der Waals surface area (Å²) in [7, 11) is 0. The van der Waals surface area contributed by atoms with Crippen LogP contribution in [0.5, 0.6) is 0 Å². The molecular formula is C20H23F2N3S. The lowest BCUT2D eigenvalue weighted by Crippen LogP contribution is -2.24. The average Bonchev–Trinajstić information content (AvgIpc) is 3.07. The summed E-state index contributed by atoms with van der Waals surface area (Å²) in [6, 6.07) is 5.67. The number of benzene rings is 1. The van der Waals surface area contributed by atoms with Gasteiger partial charge in [-0.1, -0.05) is 25.6 Å². The quantitative estimate of drug-likeness (QED) is 0.713. The fourth-order valence-electron chi connectivity index (χ4n) is 3.43. The first-order chi connectivity index (χ1) is 12.6. The molecule has 0 radical (unpaired) electrons. The van der Waals surface area contributed by atoms with Crippen LogP contribution in [0.1, 0.15) is 49.8 Å². The van der Waals surface area contributed by atoms with Crippen molar-refractivity contribution in [1.82, 2.24) is 9.88 Å². The lowest BCUT2D eigenvalue weighted by atomic mass is 10.0. The number of unbranched alkanes of at least 4 members (excludes halogenated alkanes) is 1. The van der Waals surface area contributed by atoms with E-state index in [-0.39, 0.29) is 0 Å². The molecule has 1 atom stereocenters. The Bertz CT molecular complexity index is 761. The molecular weight excluding hydrogens is 352 g/mol. The zero-order valence-corrected chi connectivity index (χ0v) is 15.7. The summed E-state index contributed by atoms with van der Waals surface area (Å²) in [6.45, 7) is 4.41. The Morgan fingerprint density at radius 1 is 1.23 bits per heavy atom. The van der Waals surface area contributed by atoms with Gasteiger partial charge in [0.15, 0.2) is 0 Å². The first kappa shape index (κ1) is 18.9. The predicted octanol–water partition coefficient (Wildman–Crippen LogP) is 5.08. The molecule has 0 amide bonds. The van der Waals surface area contributed by atoms with Crippen molar-refractivity contribution in [3.63, 3.8) is 0 Å². The third kappa shape index (κ3) is 4.62. The second-order valence-electron chi connectivity index (χ2n) is 6.67. The maximum Gasteiger partial charge on any atom is 0.128 e. The molecule has 0 bridgehead atoms. The van der Waals surface area contributed by atoms with Crippen molar-refractivity contribution in [3.8, 4) is 0 Å². The van der Waals surface area contributed by atoms with Crippen molar-refractivity contribution < 1.29 is 8.78 Å². The SMILES string of the molecule is CCCCN1CCCC1c1cncc(C(=S)Nc2cc(F)cc(F)c2)c1. The summed E-state index contributed by atoms with van der Waals surface area (Å²) in [5, 5.41) is 2.90. The molecule has 3 rings (SSSR count). The van der Waals surface area contributed by atoms with Crippen LogP contribution in [0.4, 0.5) is 14.5 Å². The minimum absolute atomic E-state index is 0.295. The molecule has 1 aromatic heterocycles. The van der Waals surface area contributed by atoms with E-state index in [9.17, 15) is 8.78 Å². The van der Waals surface area contributed by atoms with Gasteiger partial charge < -0.3 is 5.32 Å². The van der Waals surface area contributed by atoms with Gasteiger partial charge in [0, 0.05) is 35.8 Å². The molecule has 138 valence electrons. The fraction of sp³-hybridized carbons (Fsp3) is 0.400. The van der Waals surface area contributed by atoms with Crippen molar-refractivity contribution >= 4 is 22.9 Å². The van der Waals surface area contributed by atoms with Gasteiger partial charge >= 0.3 is 0 Å². The first-order valence-corrected chi connectivity index (χ1v) is 9.44. The first-order valence-electron chi connectivity index (χ1n) is 9.03. The maximum atomic E-state index is 13.4. The molecule has 26 heavy (non-hydrogen) atoms. The number of hydrogen-bond acceptors (Lipinski definition) is 3. The fourth-order valence-corrected chi connectivity index (χ4v) is 3.66. The number of hydrogen-bond donors (Lipinski definition) is 1. The number of nitrogens with one attached hydrogen (secondary N) is 1. The van der Waals surface area contributed by atoms with E-state index >= 15 is 0 Å². The van der Waals surface area contributed by atoms with Crippen LogP contribution in [0, 0.1) is 11.6 Å². The lowest BCUT2D eigenvalue weighted by Gasteiger charge is -2.24. The van der Waals surface area contributed by atoms with Crippen LogP contribution < -0.4 is 5.32 Å². The van der Waals surface area contributed by atoms with E-state index in [1.807, 2.05) is 12.3 Å². The highest BCUT2D eigenvalue weighted by Crippen LogP contribution is 2.32. The monoisotopic (exact) mass is 375 g/mol. The van der Waals surface area contributed by atoms with E-state index in [1.165, 1.54) is 31.4 Å². The van der Waals surface area contributed by atoms with Crippen LogP contribution in [0.15, 0.2) is 36.7 Å². The summed E-state index contributed by atoms with van der Waals surface area (Å²) >= 11 is 5.41. The average molecular weight is 375 g/mol. The van der Waals surface area contributed by atoms with Crippen LogP contribution in [-0.2, 0) is 0 Å². The van der Waals surface area contributed by atoms with Crippen molar-refractivity contribution in [2.24, 2.45) is 0 Å². The largest absolute Gasteiger partial charge is 0.346 e. The molecule has 1 N–H and O–H groups in total. The number of halogens is 2. The number of anilines is 1. The number of rotatable bonds is 6. The van der Waals surface area contributed by atoms with Crippen molar-refractivity contribution in [3.05, 3.63) is 59.4 Å². The Morgan fingerprint density at radius 2 is 2.00 bits per heavy atom. The van der Waals surface area contributed by atoms with Gasteiger partial charge in [-0.15, -0.1) is 0 Å². The third-order valence-corrected chi connectivity index (χ3v) is 5.03. The minimum atomic E-state index is -0.639. The van der Waals surface area contributed by atoms with Crippen LogP contribution in [0.2, 0.25) is 0 Å². The number of pyridine rings is 1. The zero-order chi connectivity index (χ0) is 18.5. The third-order valence-electron chi connectivity index (χ3n) is 4.69. The molecule has 0 spiro atoms. The van der Waals surface area contributed by atoms with Crippen molar-refractivity contribution in [2.45, 2.75) is 38.6 Å². The smallest absolute Gasteiger partial charge is 0.128 e. The van der Waals surface area contributed by atoms with Crippen LogP contribution >= 0.6 is 12.2 Å². The number of aromatic nitrogens is 1. The topological polar surface area (TPSA) is 28.2 Å². The summed E-state index contributed by atoms with van der Waals surface area (Å²) < 4.78 is 26.7. The molecule has 0 aliphatic carbocycles. The Hall–Kier alpha value is -1.92. The second kappa shape index (κ2) is 8.64. The van der Waals surface area contributed by atoms with E-state index in [0.717, 1.165) is 36.7 Å². The van der Waals surface area contributed by atoms with Gasteiger partial charge in [-0.3, -0.25) is 9.88 Å². The second-order valence-corrected chi connectivity index (χ2v) is 7.07. The van der Waals surface area contributed by atoms with Crippen molar-refractivity contribution in [2.75, 3.05) is 18.4 Å². The molecule has 0 saturated carbocycles. The Labute approximate surface area is 158 Å². The highest BCUT2D eigenvalue weighted by Gasteiger charge is 2.25. The van der Waals surface area contributed by atoms with Gasteiger partial charge in [-0.05, 0) is 56.1 Å². The Kier molecular flexibility index (Phi) is 6.27. The summed E-state index contributed by atoms with van der Waals surface area (Å²) in [4.78, 5) is 7.25. The van der Waals surface area contributed by atoms with Crippen LogP contribution in [0.25, 0.3) is 0 Å². The number of nitrogens with zero attached hydrogens (tertiary/aromatic N) is 2. The van der Waals surface area contributed by atoms with Gasteiger partial charge in [-0.2, -0.15) is 0 Å².